The van der Waals surface area contributed by atoms with Gasteiger partial charge < -0.3 is 9.88 Å². The molecule has 0 bridgehead atoms. The Balaban J connectivity index is 2.94. The summed E-state index contributed by atoms with van der Waals surface area (Å²) in [6.07, 6.45) is 3.74. The summed E-state index contributed by atoms with van der Waals surface area (Å²) >= 11 is 0. The molecule has 0 unspecified atom stereocenters. The molecule has 0 aliphatic carbocycles. The highest BCUT2D eigenvalue weighted by molar-refractivity contribution is 5.05. The van der Waals surface area contributed by atoms with Crippen molar-refractivity contribution >= 4 is 0 Å². The zero-order chi connectivity index (χ0) is 13.9. The molecule has 0 saturated heterocycles. The van der Waals surface area contributed by atoms with Gasteiger partial charge in [-0.05, 0) is 20.3 Å². The normalized spacial score (nSPS) is 11.8. The second-order valence-electron chi connectivity index (χ2n) is 5.40. The van der Waals surface area contributed by atoms with Gasteiger partial charge in [0.2, 0.25) is 0 Å². The van der Waals surface area contributed by atoms with Crippen LogP contribution < -0.4 is 16.6 Å². The molecule has 1 aromatic rings. The maximum Gasteiger partial charge on any atom is 0.330 e. The Morgan fingerprint density at radius 3 is 2.44 bits per heavy atom. The predicted molar refractivity (Wildman–Crippen MR) is 72.8 cm³/mol. The van der Waals surface area contributed by atoms with Gasteiger partial charge in [0.25, 0.3) is 5.56 Å². The third-order valence-corrected chi connectivity index (χ3v) is 3.15. The average Bonchev–Trinajstić information content (AvgIpc) is 2.29. The van der Waals surface area contributed by atoms with E-state index in [1.165, 1.54) is 11.6 Å². The van der Waals surface area contributed by atoms with Crippen LogP contribution in [0, 0.1) is 0 Å². The zero-order valence-corrected chi connectivity index (χ0v) is 11.9. The molecule has 102 valence electrons. The van der Waals surface area contributed by atoms with Crippen molar-refractivity contribution in [2.24, 2.45) is 14.1 Å². The third kappa shape index (κ3) is 3.32. The van der Waals surface area contributed by atoms with Crippen molar-refractivity contribution in [1.29, 1.82) is 0 Å². The van der Waals surface area contributed by atoms with Crippen LogP contribution in [0.4, 0.5) is 0 Å². The minimum Gasteiger partial charge on any atom is -0.307 e. The molecular formula is C13H23N3O2. The molecule has 5 nitrogen and oxygen atoms in total. The lowest BCUT2D eigenvalue weighted by Gasteiger charge is -2.25. The molecule has 5 heteroatoms. The fourth-order valence-electron chi connectivity index (χ4n) is 2.05. The van der Waals surface area contributed by atoms with Gasteiger partial charge in [-0.25, -0.2) is 4.79 Å². The molecular weight excluding hydrogens is 230 g/mol. The molecule has 0 fully saturated rings. The fourth-order valence-corrected chi connectivity index (χ4v) is 2.05. The Morgan fingerprint density at radius 1 is 1.28 bits per heavy atom. The van der Waals surface area contributed by atoms with Crippen LogP contribution >= 0.6 is 0 Å². The standard InChI is InChI=1S/C13H23N3O2/c1-6-7-13(2,3)14-8-10-9-15(4)12(18)16(5)11(10)17/h9,14H,6-8H2,1-5H3. The molecule has 1 N–H and O–H groups in total. The van der Waals surface area contributed by atoms with Crippen LogP contribution in [-0.2, 0) is 20.6 Å². The van der Waals surface area contributed by atoms with Gasteiger partial charge in [-0.15, -0.1) is 0 Å². The Hall–Kier alpha value is -1.36. The van der Waals surface area contributed by atoms with E-state index in [0.29, 0.717) is 12.1 Å². The monoisotopic (exact) mass is 253 g/mol. The SMILES string of the molecule is CCCC(C)(C)NCc1cn(C)c(=O)n(C)c1=O. The number of rotatable bonds is 5. The maximum absolute atomic E-state index is 11.9. The number of nitrogens with zero attached hydrogens (tertiary/aromatic N) is 2. The van der Waals surface area contributed by atoms with Crippen molar-refractivity contribution in [1.82, 2.24) is 14.5 Å². The van der Waals surface area contributed by atoms with Crippen LogP contribution in [0.3, 0.4) is 0 Å². The summed E-state index contributed by atoms with van der Waals surface area (Å²) in [7, 11) is 3.16. The van der Waals surface area contributed by atoms with Gasteiger partial charge >= 0.3 is 5.69 Å². The molecule has 0 radical (unpaired) electrons. The number of aromatic nitrogens is 2. The molecule has 0 aromatic carbocycles. The van der Waals surface area contributed by atoms with Gasteiger partial charge in [0.15, 0.2) is 0 Å². The number of hydrogen-bond donors (Lipinski definition) is 1. The highest BCUT2D eigenvalue weighted by Gasteiger charge is 2.16. The van der Waals surface area contributed by atoms with E-state index in [0.717, 1.165) is 17.4 Å². The van der Waals surface area contributed by atoms with Gasteiger partial charge in [-0.1, -0.05) is 13.3 Å². The van der Waals surface area contributed by atoms with E-state index in [1.54, 1.807) is 13.2 Å². The molecule has 1 heterocycles. The van der Waals surface area contributed by atoms with Crippen molar-refractivity contribution < 1.29 is 0 Å². The highest BCUT2D eigenvalue weighted by Crippen LogP contribution is 2.10. The Kier molecular flexibility index (Phi) is 4.51. The van der Waals surface area contributed by atoms with Crippen LogP contribution in [0.25, 0.3) is 0 Å². The molecule has 0 aliphatic heterocycles. The van der Waals surface area contributed by atoms with Crippen LogP contribution in [0.15, 0.2) is 15.8 Å². The largest absolute Gasteiger partial charge is 0.330 e. The predicted octanol–water partition coefficient (Wildman–Crippen LogP) is 0.752. The van der Waals surface area contributed by atoms with Crippen molar-refractivity contribution in [2.75, 3.05) is 0 Å². The van der Waals surface area contributed by atoms with E-state index in [4.69, 9.17) is 0 Å². The Morgan fingerprint density at radius 2 is 1.89 bits per heavy atom. The van der Waals surface area contributed by atoms with E-state index in [9.17, 15) is 9.59 Å². The van der Waals surface area contributed by atoms with Gasteiger partial charge in [-0.2, -0.15) is 0 Å². The van der Waals surface area contributed by atoms with Gasteiger partial charge in [0.1, 0.15) is 0 Å². The summed E-state index contributed by atoms with van der Waals surface area (Å²) in [6.45, 7) is 6.84. The quantitative estimate of drug-likeness (QED) is 0.842. The van der Waals surface area contributed by atoms with E-state index in [1.807, 2.05) is 0 Å². The lowest BCUT2D eigenvalue weighted by atomic mass is 9.99. The van der Waals surface area contributed by atoms with Crippen molar-refractivity contribution in [2.45, 2.75) is 45.7 Å². The van der Waals surface area contributed by atoms with Crippen LogP contribution in [0.2, 0.25) is 0 Å². The first-order valence-corrected chi connectivity index (χ1v) is 6.29. The minimum atomic E-state index is -0.295. The van der Waals surface area contributed by atoms with Crippen molar-refractivity contribution in [3.8, 4) is 0 Å². The van der Waals surface area contributed by atoms with Gasteiger partial charge in [0.05, 0.1) is 0 Å². The van der Waals surface area contributed by atoms with E-state index in [2.05, 4.69) is 26.1 Å². The molecule has 0 aliphatic rings. The summed E-state index contributed by atoms with van der Waals surface area (Å²) in [5.41, 5.74) is 0.0901. The molecule has 0 saturated carbocycles. The molecule has 18 heavy (non-hydrogen) atoms. The maximum atomic E-state index is 11.9. The average molecular weight is 253 g/mol. The summed E-state index contributed by atoms with van der Waals surface area (Å²) in [4.78, 5) is 23.5. The smallest absolute Gasteiger partial charge is 0.307 e. The van der Waals surface area contributed by atoms with E-state index < -0.39 is 0 Å². The van der Waals surface area contributed by atoms with Crippen LogP contribution in [-0.4, -0.2) is 14.7 Å². The van der Waals surface area contributed by atoms with E-state index >= 15 is 0 Å². The van der Waals surface area contributed by atoms with Gasteiger partial charge in [0, 0.05) is 37.9 Å². The van der Waals surface area contributed by atoms with Gasteiger partial charge in [-0.3, -0.25) is 9.36 Å². The first-order chi connectivity index (χ1) is 8.28. The molecule has 1 aromatic heterocycles. The second-order valence-corrected chi connectivity index (χ2v) is 5.40. The molecule has 1 rings (SSSR count). The molecule has 0 amide bonds. The van der Waals surface area contributed by atoms with Crippen LogP contribution in [0.5, 0.6) is 0 Å². The first-order valence-electron chi connectivity index (χ1n) is 6.29. The van der Waals surface area contributed by atoms with Crippen molar-refractivity contribution in [3.63, 3.8) is 0 Å². The number of nitrogens with one attached hydrogen (secondary N) is 1. The summed E-state index contributed by atoms with van der Waals surface area (Å²) in [6, 6.07) is 0. The van der Waals surface area contributed by atoms with E-state index in [-0.39, 0.29) is 16.8 Å². The summed E-state index contributed by atoms with van der Waals surface area (Å²) in [5.74, 6) is 0. The minimum absolute atomic E-state index is 0.00549. The zero-order valence-electron chi connectivity index (χ0n) is 11.9. The highest BCUT2D eigenvalue weighted by atomic mass is 16.2. The summed E-state index contributed by atoms with van der Waals surface area (Å²) in [5, 5.41) is 3.36. The Labute approximate surface area is 107 Å². The second kappa shape index (κ2) is 5.52. The first kappa shape index (κ1) is 14.7. The fraction of sp³-hybridized carbons (Fsp3) is 0.692. The number of aryl methyl sites for hydroxylation is 1. The number of hydrogen-bond acceptors (Lipinski definition) is 3. The lowest BCUT2D eigenvalue weighted by Crippen LogP contribution is -2.43. The van der Waals surface area contributed by atoms with Crippen LogP contribution in [0.1, 0.15) is 39.2 Å². The molecule has 0 spiro atoms. The lowest BCUT2D eigenvalue weighted by molar-refractivity contribution is 0.355. The molecule has 0 atom stereocenters. The topological polar surface area (TPSA) is 56.0 Å². The Bertz CT molecular complexity index is 526. The third-order valence-electron chi connectivity index (χ3n) is 3.15. The van der Waals surface area contributed by atoms with Crippen molar-refractivity contribution in [3.05, 3.63) is 32.6 Å². The summed E-state index contributed by atoms with van der Waals surface area (Å²) < 4.78 is 2.58.